The van der Waals surface area contributed by atoms with E-state index in [9.17, 15) is 4.79 Å². The summed E-state index contributed by atoms with van der Waals surface area (Å²) < 4.78 is 5.74. The highest BCUT2D eigenvalue weighted by molar-refractivity contribution is 7.07. The van der Waals surface area contributed by atoms with E-state index in [2.05, 4.69) is 16.8 Å². The number of thiophene rings is 1. The monoisotopic (exact) mass is 315 g/mol. The van der Waals surface area contributed by atoms with Crippen molar-refractivity contribution in [1.29, 1.82) is 0 Å². The Kier molecular flexibility index (Phi) is 4.78. The molecule has 22 heavy (non-hydrogen) atoms. The average Bonchev–Trinajstić information content (AvgIpc) is 3.10. The number of likely N-dealkylation sites (tertiary alicyclic amines) is 1. The van der Waals surface area contributed by atoms with Crippen LogP contribution in [-0.4, -0.2) is 30.0 Å². The number of ether oxygens (including phenoxy) is 1. The van der Waals surface area contributed by atoms with Crippen LogP contribution in [0.1, 0.15) is 31.2 Å². The third-order valence-electron chi connectivity index (χ3n) is 4.23. The SMILES string of the molecule is C[C@H](Oc1ccccc1)C(=O)N1CCC(c2ccsc2)CC1. The van der Waals surface area contributed by atoms with Crippen LogP contribution in [0.5, 0.6) is 5.75 Å². The van der Waals surface area contributed by atoms with E-state index in [-0.39, 0.29) is 5.91 Å². The van der Waals surface area contributed by atoms with Crippen molar-refractivity contribution in [1.82, 2.24) is 4.90 Å². The van der Waals surface area contributed by atoms with Gasteiger partial charge in [0.25, 0.3) is 5.91 Å². The third-order valence-corrected chi connectivity index (χ3v) is 4.93. The average molecular weight is 315 g/mol. The number of nitrogens with zero attached hydrogens (tertiary/aromatic N) is 1. The second kappa shape index (κ2) is 6.97. The van der Waals surface area contributed by atoms with Crippen LogP contribution < -0.4 is 4.74 Å². The molecule has 1 aromatic carbocycles. The quantitative estimate of drug-likeness (QED) is 0.856. The lowest BCUT2D eigenvalue weighted by Crippen LogP contribution is -2.44. The van der Waals surface area contributed by atoms with Crippen LogP contribution in [0.25, 0.3) is 0 Å². The van der Waals surface area contributed by atoms with E-state index in [1.807, 2.05) is 42.2 Å². The number of piperidine rings is 1. The van der Waals surface area contributed by atoms with Gasteiger partial charge in [-0.15, -0.1) is 0 Å². The van der Waals surface area contributed by atoms with Gasteiger partial charge in [0.1, 0.15) is 5.75 Å². The number of benzene rings is 1. The minimum Gasteiger partial charge on any atom is -0.481 e. The van der Waals surface area contributed by atoms with Gasteiger partial charge in [0.05, 0.1) is 0 Å². The van der Waals surface area contributed by atoms with Crippen molar-refractivity contribution in [3.05, 3.63) is 52.7 Å². The van der Waals surface area contributed by atoms with Gasteiger partial charge in [0, 0.05) is 13.1 Å². The molecule has 1 fully saturated rings. The van der Waals surface area contributed by atoms with Gasteiger partial charge in [-0.3, -0.25) is 4.79 Å². The minimum atomic E-state index is -0.430. The topological polar surface area (TPSA) is 29.5 Å². The Morgan fingerprint density at radius 3 is 2.59 bits per heavy atom. The summed E-state index contributed by atoms with van der Waals surface area (Å²) >= 11 is 1.75. The molecule has 0 unspecified atom stereocenters. The van der Waals surface area contributed by atoms with Crippen LogP contribution in [0.2, 0.25) is 0 Å². The summed E-state index contributed by atoms with van der Waals surface area (Å²) in [6, 6.07) is 11.7. The molecule has 1 aliphatic heterocycles. The van der Waals surface area contributed by atoms with E-state index in [1.54, 1.807) is 11.3 Å². The van der Waals surface area contributed by atoms with E-state index in [0.29, 0.717) is 5.92 Å². The Bertz CT molecular complexity index is 589. The number of hydrogen-bond donors (Lipinski definition) is 0. The van der Waals surface area contributed by atoms with Gasteiger partial charge < -0.3 is 9.64 Å². The molecular formula is C18H21NO2S. The van der Waals surface area contributed by atoms with Crippen molar-refractivity contribution in [2.75, 3.05) is 13.1 Å². The van der Waals surface area contributed by atoms with Gasteiger partial charge in [-0.2, -0.15) is 11.3 Å². The van der Waals surface area contributed by atoms with Gasteiger partial charge in [-0.1, -0.05) is 18.2 Å². The number of amides is 1. The first-order valence-electron chi connectivity index (χ1n) is 7.76. The third kappa shape index (κ3) is 3.50. The largest absolute Gasteiger partial charge is 0.481 e. The van der Waals surface area contributed by atoms with Crippen LogP contribution in [-0.2, 0) is 4.79 Å². The summed E-state index contributed by atoms with van der Waals surface area (Å²) in [4.78, 5) is 14.4. The molecule has 3 rings (SSSR count). The molecular weight excluding hydrogens is 294 g/mol. The molecule has 1 aliphatic rings. The fourth-order valence-electron chi connectivity index (χ4n) is 2.95. The first-order valence-corrected chi connectivity index (χ1v) is 8.71. The molecule has 2 heterocycles. The Labute approximate surface area is 135 Å². The molecule has 1 atom stereocenters. The lowest BCUT2D eigenvalue weighted by molar-refractivity contribution is -0.139. The molecule has 1 aromatic heterocycles. The lowest BCUT2D eigenvalue weighted by Gasteiger charge is -2.33. The standard InChI is InChI=1S/C18H21NO2S/c1-14(21-17-5-3-2-4-6-17)18(20)19-10-7-15(8-11-19)16-9-12-22-13-16/h2-6,9,12-15H,7-8,10-11H2,1H3/t14-/m0/s1. The summed E-state index contributed by atoms with van der Waals surface area (Å²) in [7, 11) is 0. The lowest BCUT2D eigenvalue weighted by atomic mass is 9.91. The Hall–Kier alpha value is -1.81. The van der Waals surface area contributed by atoms with E-state index in [1.165, 1.54) is 5.56 Å². The highest BCUT2D eigenvalue weighted by Crippen LogP contribution is 2.29. The molecule has 1 amide bonds. The molecule has 1 saturated heterocycles. The predicted octanol–water partition coefficient (Wildman–Crippen LogP) is 3.92. The molecule has 0 saturated carbocycles. The van der Waals surface area contributed by atoms with E-state index in [4.69, 9.17) is 4.74 Å². The predicted molar refractivity (Wildman–Crippen MR) is 89.4 cm³/mol. The van der Waals surface area contributed by atoms with Crippen LogP contribution in [0.4, 0.5) is 0 Å². The number of rotatable bonds is 4. The van der Waals surface area contributed by atoms with Crippen LogP contribution in [0.3, 0.4) is 0 Å². The van der Waals surface area contributed by atoms with Gasteiger partial charge in [0.15, 0.2) is 6.10 Å². The molecule has 3 nitrogen and oxygen atoms in total. The van der Waals surface area contributed by atoms with Crippen LogP contribution >= 0.6 is 11.3 Å². The minimum absolute atomic E-state index is 0.0904. The zero-order valence-electron chi connectivity index (χ0n) is 12.8. The maximum absolute atomic E-state index is 12.5. The number of hydrogen-bond acceptors (Lipinski definition) is 3. The second-order valence-electron chi connectivity index (χ2n) is 5.73. The van der Waals surface area contributed by atoms with Gasteiger partial charge >= 0.3 is 0 Å². The zero-order valence-corrected chi connectivity index (χ0v) is 13.6. The fraction of sp³-hybridized carbons (Fsp3) is 0.389. The van der Waals surface area contributed by atoms with Crippen molar-refractivity contribution in [3.63, 3.8) is 0 Å². The smallest absolute Gasteiger partial charge is 0.263 e. The van der Waals surface area contributed by atoms with Crippen LogP contribution in [0, 0.1) is 0 Å². The molecule has 0 radical (unpaired) electrons. The highest BCUT2D eigenvalue weighted by atomic mass is 32.1. The Morgan fingerprint density at radius 1 is 1.23 bits per heavy atom. The number of carbonyl (C=O) groups is 1. The summed E-state index contributed by atoms with van der Waals surface area (Å²) in [6.45, 7) is 3.48. The molecule has 0 aliphatic carbocycles. The summed E-state index contributed by atoms with van der Waals surface area (Å²) in [6.07, 6.45) is 1.65. The second-order valence-corrected chi connectivity index (χ2v) is 6.51. The summed E-state index contributed by atoms with van der Waals surface area (Å²) in [5.74, 6) is 1.43. The van der Waals surface area contributed by atoms with E-state index < -0.39 is 6.10 Å². The first kappa shape index (κ1) is 15.1. The van der Waals surface area contributed by atoms with Crippen molar-refractivity contribution in [2.45, 2.75) is 31.8 Å². The normalized spacial score (nSPS) is 17.2. The van der Waals surface area contributed by atoms with Crippen molar-refractivity contribution < 1.29 is 9.53 Å². The van der Waals surface area contributed by atoms with Gasteiger partial charge in [0.2, 0.25) is 0 Å². The van der Waals surface area contributed by atoms with Crippen molar-refractivity contribution in [3.8, 4) is 5.75 Å². The Morgan fingerprint density at radius 2 is 1.95 bits per heavy atom. The number of para-hydroxylation sites is 1. The van der Waals surface area contributed by atoms with Gasteiger partial charge in [-0.25, -0.2) is 0 Å². The Balaban J connectivity index is 1.53. The highest BCUT2D eigenvalue weighted by Gasteiger charge is 2.27. The van der Waals surface area contributed by atoms with Crippen LogP contribution in [0.15, 0.2) is 47.2 Å². The molecule has 0 N–H and O–H groups in total. The van der Waals surface area contributed by atoms with E-state index in [0.717, 1.165) is 31.7 Å². The first-order chi connectivity index (χ1) is 10.7. The summed E-state index contributed by atoms with van der Waals surface area (Å²) in [5.41, 5.74) is 1.42. The molecule has 0 bridgehead atoms. The molecule has 116 valence electrons. The zero-order chi connectivity index (χ0) is 15.4. The van der Waals surface area contributed by atoms with Crippen molar-refractivity contribution >= 4 is 17.2 Å². The maximum Gasteiger partial charge on any atom is 0.263 e. The van der Waals surface area contributed by atoms with Crippen molar-refractivity contribution in [2.24, 2.45) is 0 Å². The van der Waals surface area contributed by atoms with Gasteiger partial charge in [-0.05, 0) is 60.2 Å². The summed E-state index contributed by atoms with van der Waals surface area (Å²) in [5, 5.41) is 4.35. The van der Waals surface area contributed by atoms with E-state index >= 15 is 0 Å². The molecule has 2 aromatic rings. The molecule has 4 heteroatoms. The molecule has 0 spiro atoms. The maximum atomic E-state index is 12.5. The number of carbonyl (C=O) groups excluding carboxylic acids is 1. The fourth-order valence-corrected chi connectivity index (χ4v) is 3.69.